The second-order valence-corrected chi connectivity index (χ2v) is 7.01. The molecule has 1 aromatic heterocycles. The molecule has 0 amide bonds. The van der Waals surface area contributed by atoms with E-state index < -0.39 is 0 Å². The lowest BCUT2D eigenvalue weighted by Gasteiger charge is -2.13. The van der Waals surface area contributed by atoms with Crippen LogP contribution >= 0.6 is 0 Å². The second kappa shape index (κ2) is 7.09. The van der Waals surface area contributed by atoms with E-state index >= 15 is 0 Å². The third-order valence-corrected chi connectivity index (χ3v) is 5.30. The summed E-state index contributed by atoms with van der Waals surface area (Å²) in [6, 6.07) is 12.2. The van der Waals surface area contributed by atoms with E-state index in [1.807, 2.05) is 31.2 Å². The Bertz CT molecular complexity index is 919. The number of hydrogen-bond donors (Lipinski definition) is 1. The van der Waals surface area contributed by atoms with Crippen LogP contribution in [0.3, 0.4) is 0 Å². The third-order valence-electron chi connectivity index (χ3n) is 5.30. The number of methoxy groups -OCH3 is 1. The molecule has 5 nitrogen and oxygen atoms in total. The van der Waals surface area contributed by atoms with Crippen molar-refractivity contribution >= 4 is 10.8 Å². The molecule has 136 valence electrons. The Hall–Kier alpha value is -2.37. The van der Waals surface area contributed by atoms with E-state index in [1.165, 1.54) is 6.42 Å². The summed E-state index contributed by atoms with van der Waals surface area (Å²) in [5.41, 5.74) is 7.81. The van der Waals surface area contributed by atoms with Crippen molar-refractivity contribution in [1.82, 2.24) is 9.88 Å². The number of aryl methyl sites for hydroxylation is 1. The average Bonchev–Trinajstić information content (AvgIpc) is 3.27. The van der Waals surface area contributed by atoms with Gasteiger partial charge in [0.1, 0.15) is 11.5 Å². The minimum atomic E-state index is 0.604. The van der Waals surface area contributed by atoms with Crippen molar-refractivity contribution in [3.63, 3.8) is 0 Å². The predicted octanol–water partition coefficient (Wildman–Crippen LogP) is 3.59. The Morgan fingerprint density at radius 3 is 2.77 bits per heavy atom. The van der Waals surface area contributed by atoms with Crippen molar-refractivity contribution in [3.8, 4) is 17.2 Å². The zero-order valence-electron chi connectivity index (χ0n) is 15.4. The fourth-order valence-electron chi connectivity index (χ4n) is 3.79. The lowest BCUT2D eigenvalue weighted by Crippen LogP contribution is -2.23. The number of likely N-dealkylation sites (tertiary alicyclic amines) is 1. The van der Waals surface area contributed by atoms with Gasteiger partial charge in [0.2, 0.25) is 5.89 Å². The highest BCUT2D eigenvalue weighted by Gasteiger charge is 2.23. The number of ether oxygens (including phenoxy) is 1. The number of nitrogens with two attached hydrogens (primary N) is 1. The van der Waals surface area contributed by atoms with E-state index in [4.69, 9.17) is 19.9 Å². The highest BCUT2D eigenvalue weighted by Crippen LogP contribution is 2.35. The highest BCUT2D eigenvalue weighted by molar-refractivity contribution is 5.98. The Balaban J connectivity index is 1.66. The lowest BCUT2D eigenvalue weighted by molar-refractivity contribution is 0.312. The van der Waals surface area contributed by atoms with Gasteiger partial charge in [-0.1, -0.05) is 24.3 Å². The average molecular weight is 351 g/mol. The summed E-state index contributed by atoms with van der Waals surface area (Å²) in [5.74, 6) is 3.02. The van der Waals surface area contributed by atoms with E-state index in [1.54, 1.807) is 7.11 Å². The number of nitrogens with zero attached hydrogens (tertiary/aromatic N) is 2. The van der Waals surface area contributed by atoms with Crippen molar-refractivity contribution in [2.75, 3.05) is 26.7 Å². The van der Waals surface area contributed by atoms with Crippen LogP contribution in [0.2, 0.25) is 0 Å². The number of benzene rings is 2. The molecule has 1 saturated heterocycles. The van der Waals surface area contributed by atoms with Gasteiger partial charge in [-0.3, -0.25) is 4.90 Å². The fraction of sp³-hybridized carbons (Fsp3) is 0.381. The van der Waals surface area contributed by atoms with Crippen LogP contribution in [0.4, 0.5) is 0 Å². The second-order valence-electron chi connectivity index (χ2n) is 7.01. The van der Waals surface area contributed by atoms with Crippen LogP contribution < -0.4 is 10.5 Å². The maximum atomic E-state index is 6.04. The summed E-state index contributed by atoms with van der Waals surface area (Å²) in [6.45, 7) is 5.70. The van der Waals surface area contributed by atoms with Gasteiger partial charge in [0.05, 0.1) is 12.8 Å². The van der Waals surface area contributed by atoms with Gasteiger partial charge in [-0.05, 0) is 49.9 Å². The monoisotopic (exact) mass is 351 g/mol. The standard InChI is InChI=1S/C21H25N3O2/c1-14-19(13-24-10-9-15(11-22)12-24)23-21(26-14)18-7-8-20(25-2)17-6-4-3-5-16(17)18/h3-8,15H,9-13,22H2,1-2H3. The smallest absolute Gasteiger partial charge is 0.227 e. The molecular formula is C21H25N3O2. The Kier molecular flexibility index (Phi) is 4.66. The molecule has 2 heterocycles. The maximum Gasteiger partial charge on any atom is 0.227 e. The Morgan fingerprint density at radius 1 is 1.23 bits per heavy atom. The van der Waals surface area contributed by atoms with Crippen molar-refractivity contribution in [3.05, 3.63) is 47.9 Å². The molecule has 26 heavy (non-hydrogen) atoms. The molecule has 1 unspecified atom stereocenters. The molecule has 0 saturated carbocycles. The summed E-state index contributed by atoms with van der Waals surface area (Å²) in [4.78, 5) is 7.23. The minimum Gasteiger partial charge on any atom is -0.496 e. The molecule has 1 atom stereocenters. The molecule has 1 aliphatic rings. The van der Waals surface area contributed by atoms with Crippen molar-refractivity contribution in [2.24, 2.45) is 11.7 Å². The van der Waals surface area contributed by atoms with Gasteiger partial charge in [0, 0.05) is 24.0 Å². The van der Waals surface area contributed by atoms with E-state index in [2.05, 4.69) is 17.0 Å². The molecule has 5 heteroatoms. The first-order valence-corrected chi connectivity index (χ1v) is 9.14. The summed E-state index contributed by atoms with van der Waals surface area (Å²) in [6.07, 6.45) is 1.17. The Morgan fingerprint density at radius 2 is 2.04 bits per heavy atom. The first kappa shape index (κ1) is 17.1. The number of aromatic nitrogens is 1. The summed E-state index contributed by atoms with van der Waals surface area (Å²) in [7, 11) is 1.69. The van der Waals surface area contributed by atoms with E-state index in [0.29, 0.717) is 11.8 Å². The molecule has 1 fully saturated rings. The van der Waals surface area contributed by atoms with Crippen LogP contribution in [0.5, 0.6) is 5.75 Å². The largest absolute Gasteiger partial charge is 0.496 e. The summed E-state index contributed by atoms with van der Waals surface area (Å²) >= 11 is 0. The molecule has 0 bridgehead atoms. The van der Waals surface area contributed by atoms with Crippen molar-refractivity contribution in [1.29, 1.82) is 0 Å². The Labute approximate surface area is 153 Å². The van der Waals surface area contributed by atoms with Crippen LogP contribution in [-0.4, -0.2) is 36.6 Å². The number of hydrogen-bond acceptors (Lipinski definition) is 5. The van der Waals surface area contributed by atoms with Gasteiger partial charge in [-0.2, -0.15) is 0 Å². The topological polar surface area (TPSA) is 64.5 Å². The molecule has 2 N–H and O–H groups in total. The first-order valence-electron chi connectivity index (χ1n) is 9.14. The number of oxazole rings is 1. The lowest BCUT2D eigenvalue weighted by atomic mass is 10.0. The molecule has 0 spiro atoms. The van der Waals surface area contributed by atoms with Crippen LogP contribution in [0.1, 0.15) is 17.9 Å². The maximum absolute atomic E-state index is 6.04. The zero-order valence-corrected chi connectivity index (χ0v) is 15.4. The first-order chi connectivity index (χ1) is 12.7. The van der Waals surface area contributed by atoms with Crippen LogP contribution in [0.25, 0.3) is 22.2 Å². The van der Waals surface area contributed by atoms with Crippen molar-refractivity contribution in [2.45, 2.75) is 19.9 Å². The predicted molar refractivity (Wildman–Crippen MR) is 103 cm³/mol. The normalized spacial score (nSPS) is 17.9. The molecule has 1 aliphatic heterocycles. The fourth-order valence-corrected chi connectivity index (χ4v) is 3.79. The third kappa shape index (κ3) is 3.08. The van der Waals surface area contributed by atoms with E-state index in [0.717, 1.165) is 59.7 Å². The SMILES string of the molecule is COc1ccc(-c2nc(CN3CCC(CN)C3)c(C)o2)c2ccccc12. The molecule has 4 rings (SSSR count). The zero-order chi connectivity index (χ0) is 18.1. The van der Waals surface area contributed by atoms with E-state index in [9.17, 15) is 0 Å². The van der Waals surface area contributed by atoms with Gasteiger partial charge in [-0.15, -0.1) is 0 Å². The van der Waals surface area contributed by atoms with E-state index in [-0.39, 0.29) is 0 Å². The summed E-state index contributed by atoms with van der Waals surface area (Å²) < 4.78 is 11.5. The van der Waals surface area contributed by atoms with Gasteiger partial charge in [0.15, 0.2) is 0 Å². The van der Waals surface area contributed by atoms with Gasteiger partial charge < -0.3 is 14.9 Å². The van der Waals surface area contributed by atoms with Gasteiger partial charge in [-0.25, -0.2) is 4.98 Å². The molecule has 0 aliphatic carbocycles. The quantitative estimate of drug-likeness (QED) is 0.761. The van der Waals surface area contributed by atoms with Crippen molar-refractivity contribution < 1.29 is 9.15 Å². The minimum absolute atomic E-state index is 0.604. The molecule has 2 aromatic carbocycles. The molecule has 0 radical (unpaired) electrons. The molecule has 3 aromatic rings. The van der Waals surface area contributed by atoms with Crippen LogP contribution in [-0.2, 0) is 6.54 Å². The molecular weight excluding hydrogens is 326 g/mol. The number of rotatable bonds is 5. The van der Waals surface area contributed by atoms with Gasteiger partial charge >= 0.3 is 0 Å². The van der Waals surface area contributed by atoms with Crippen LogP contribution in [0, 0.1) is 12.8 Å². The van der Waals surface area contributed by atoms with Crippen LogP contribution in [0.15, 0.2) is 40.8 Å². The summed E-state index contributed by atoms with van der Waals surface area (Å²) in [5, 5.41) is 2.15. The van der Waals surface area contributed by atoms with Gasteiger partial charge in [0.25, 0.3) is 0 Å². The number of fused-ring (bicyclic) bond motifs is 1. The highest BCUT2D eigenvalue weighted by atomic mass is 16.5.